The number of benzene rings is 1. The molecule has 2 saturated heterocycles. The van der Waals surface area contributed by atoms with Crippen molar-refractivity contribution in [1.29, 1.82) is 0 Å². The van der Waals surface area contributed by atoms with Crippen LogP contribution in [-0.4, -0.2) is 53.3 Å². The zero-order valence-corrected chi connectivity index (χ0v) is 16.6. The largest absolute Gasteiger partial charge is 0.339 e. The van der Waals surface area contributed by atoms with Crippen LogP contribution in [0.3, 0.4) is 0 Å². The average Bonchev–Trinajstić information content (AvgIpc) is 3.03. The molecule has 1 unspecified atom stereocenters. The Morgan fingerprint density at radius 1 is 1.04 bits per heavy atom. The van der Waals surface area contributed by atoms with Crippen molar-refractivity contribution in [3.05, 3.63) is 36.0 Å². The molecule has 0 bridgehead atoms. The van der Waals surface area contributed by atoms with Gasteiger partial charge < -0.3 is 4.52 Å². The van der Waals surface area contributed by atoms with Gasteiger partial charge in [-0.1, -0.05) is 30.1 Å². The molecule has 7 nitrogen and oxygen atoms in total. The van der Waals surface area contributed by atoms with Crippen LogP contribution in [0.25, 0.3) is 11.4 Å². The summed E-state index contributed by atoms with van der Waals surface area (Å²) in [4.78, 5) is 4.41. The van der Waals surface area contributed by atoms with E-state index in [2.05, 4.69) is 10.1 Å². The first-order valence-corrected chi connectivity index (χ1v) is 11.3. The lowest BCUT2D eigenvalue weighted by Gasteiger charge is -2.34. The number of piperidine rings is 1. The minimum atomic E-state index is -3.47. The van der Waals surface area contributed by atoms with E-state index >= 15 is 0 Å². The highest BCUT2D eigenvalue weighted by Crippen LogP contribution is 2.30. The fraction of sp³-hybridized carbons (Fsp3) is 0.579. The highest BCUT2D eigenvalue weighted by Gasteiger charge is 2.36. The number of rotatable bonds is 4. The van der Waals surface area contributed by atoms with Crippen molar-refractivity contribution in [3.63, 3.8) is 0 Å². The molecule has 0 spiro atoms. The number of hydrogen-bond donors (Lipinski definition) is 0. The van der Waals surface area contributed by atoms with Gasteiger partial charge in [-0.15, -0.1) is 0 Å². The zero-order chi connectivity index (χ0) is 19.6. The zero-order valence-electron chi connectivity index (χ0n) is 15.8. The van der Waals surface area contributed by atoms with Crippen molar-refractivity contribution in [2.24, 2.45) is 0 Å². The van der Waals surface area contributed by atoms with Crippen LogP contribution in [0.15, 0.2) is 28.8 Å². The second-order valence-electron chi connectivity index (χ2n) is 7.48. The Morgan fingerprint density at radius 3 is 2.54 bits per heavy atom. The first-order valence-electron chi connectivity index (χ1n) is 9.89. The van der Waals surface area contributed by atoms with Gasteiger partial charge in [-0.05, 0) is 37.8 Å². The predicted molar refractivity (Wildman–Crippen MR) is 102 cm³/mol. The van der Waals surface area contributed by atoms with Crippen molar-refractivity contribution in [3.8, 4) is 11.4 Å². The predicted octanol–water partition coefficient (Wildman–Crippen LogP) is 3.18. The smallest absolute Gasteiger partial charge is 0.281 e. The number of halogens is 1. The summed E-state index contributed by atoms with van der Waals surface area (Å²) in [5.41, 5.74) is 0.542. The van der Waals surface area contributed by atoms with E-state index in [1.807, 2.05) is 0 Å². The molecule has 152 valence electrons. The third-order valence-corrected chi connectivity index (χ3v) is 7.48. The third-order valence-electron chi connectivity index (χ3n) is 5.48. The van der Waals surface area contributed by atoms with Gasteiger partial charge in [0.05, 0.1) is 5.92 Å². The lowest BCUT2D eigenvalue weighted by Crippen LogP contribution is -2.47. The standard InChI is InChI=1S/C19H25FN4O3S/c20-17-9-5-7-15(13-17)18-21-19(27-22-18)16-8-6-12-24(14-16)28(25,26)23-10-3-1-2-4-11-23/h5,7,9,13,16H,1-4,6,8,10-12,14H2. The second kappa shape index (κ2) is 8.26. The Morgan fingerprint density at radius 2 is 1.79 bits per heavy atom. The molecule has 1 aromatic carbocycles. The SMILES string of the molecule is O=S(=O)(N1CCCCCC1)N1CCCC(c2nc(-c3cccc(F)c3)no2)C1. The molecule has 28 heavy (non-hydrogen) atoms. The van der Waals surface area contributed by atoms with Gasteiger partial charge in [-0.25, -0.2) is 4.39 Å². The van der Waals surface area contributed by atoms with Crippen LogP contribution >= 0.6 is 0 Å². The number of aromatic nitrogens is 2. The molecule has 2 aliphatic heterocycles. The van der Waals surface area contributed by atoms with E-state index in [1.54, 1.807) is 20.7 Å². The summed E-state index contributed by atoms with van der Waals surface area (Å²) >= 11 is 0. The first kappa shape index (κ1) is 19.5. The summed E-state index contributed by atoms with van der Waals surface area (Å²) in [6, 6.07) is 6.02. The maximum atomic E-state index is 13.4. The minimum Gasteiger partial charge on any atom is -0.339 e. The monoisotopic (exact) mass is 408 g/mol. The Balaban J connectivity index is 1.49. The van der Waals surface area contributed by atoms with Crippen molar-refractivity contribution >= 4 is 10.2 Å². The van der Waals surface area contributed by atoms with Crippen LogP contribution in [0.4, 0.5) is 4.39 Å². The van der Waals surface area contributed by atoms with E-state index in [-0.39, 0.29) is 11.7 Å². The van der Waals surface area contributed by atoms with Crippen LogP contribution in [0.5, 0.6) is 0 Å². The molecule has 1 atom stereocenters. The second-order valence-corrected chi connectivity index (χ2v) is 9.41. The van der Waals surface area contributed by atoms with Gasteiger partial charge in [0, 0.05) is 31.7 Å². The van der Waals surface area contributed by atoms with Gasteiger partial charge in [0.2, 0.25) is 11.7 Å². The van der Waals surface area contributed by atoms with E-state index < -0.39 is 10.2 Å². The minimum absolute atomic E-state index is 0.148. The molecular weight excluding hydrogens is 383 g/mol. The lowest BCUT2D eigenvalue weighted by molar-refractivity contribution is 0.250. The fourth-order valence-electron chi connectivity index (χ4n) is 3.94. The Hall–Kier alpha value is -1.84. The molecular formula is C19H25FN4O3S. The maximum Gasteiger partial charge on any atom is 0.281 e. The van der Waals surface area contributed by atoms with Crippen LogP contribution in [0, 0.1) is 5.82 Å². The molecule has 1 aromatic heterocycles. The van der Waals surface area contributed by atoms with Crippen LogP contribution < -0.4 is 0 Å². The number of hydrogen-bond acceptors (Lipinski definition) is 5. The van der Waals surface area contributed by atoms with Gasteiger partial charge in [-0.2, -0.15) is 22.0 Å². The summed E-state index contributed by atoms with van der Waals surface area (Å²) in [5.74, 6) is 0.221. The summed E-state index contributed by atoms with van der Waals surface area (Å²) in [6.45, 7) is 2.03. The normalized spacial score (nSPS) is 22.8. The van der Waals surface area contributed by atoms with Crippen LogP contribution in [-0.2, 0) is 10.2 Å². The highest BCUT2D eigenvalue weighted by atomic mass is 32.2. The van der Waals surface area contributed by atoms with Crippen molar-refractivity contribution < 1.29 is 17.3 Å². The number of nitrogens with zero attached hydrogens (tertiary/aromatic N) is 4. The molecule has 9 heteroatoms. The van der Waals surface area contributed by atoms with E-state index in [0.717, 1.165) is 38.5 Å². The molecule has 0 amide bonds. The molecule has 0 saturated carbocycles. The molecule has 3 heterocycles. The Labute approximate surface area is 164 Å². The van der Waals surface area contributed by atoms with Crippen molar-refractivity contribution in [2.75, 3.05) is 26.2 Å². The van der Waals surface area contributed by atoms with Crippen LogP contribution in [0.1, 0.15) is 50.3 Å². The van der Waals surface area contributed by atoms with E-state index in [9.17, 15) is 12.8 Å². The van der Waals surface area contributed by atoms with Gasteiger partial charge in [0.1, 0.15) is 5.82 Å². The topological polar surface area (TPSA) is 79.5 Å². The van der Waals surface area contributed by atoms with Gasteiger partial charge >= 0.3 is 0 Å². The van der Waals surface area contributed by atoms with E-state index in [4.69, 9.17) is 4.52 Å². The molecule has 4 rings (SSSR count). The Kier molecular flexibility index (Phi) is 5.75. The maximum absolute atomic E-state index is 13.4. The summed E-state index contributed by atoms with van der Waals surface area (Å²) in [7, 11) is -3.47. The molecule has 2 aliphatic rings. The van der Waals surface area contributed by atoms with E-state index in [1.165, 1.54) is 12.1 Å². The lowest BCUT2D eigenvalue weighted by atomic mass is 10.00. The van der Waals surface area contributed by atoms with Gasteiger partial charge in [0.25, 0.3) is 10.2 Å². The van der Waals surface area contributed by atoms with E-state index in [0.29, 0.717) is 43.5 Å². The molecule has 0 N–H and O–H groups in total. The highest BCUT2D eigenvalue weighted by molar-refractivity contribution is 7.86. The van der Waals surface area contributed by atoms with Gasteiger partial charge in [0.15, 0.2) is 0 Å². The van der Waals surface area contributed by atoms with Gasteiger partial charge in [-0.3, -0.25) is 0 Å². The summed E-state index contributed by atoms with van der Waals surface area (Å²) < 4.78 is 48.2. The molecule has 2 fully saturated rings. The fourth-order valence-corrected chi connectivity index (χ4v) is 5.71. The van der Waals surface area contributed by atoms with Crippen LogP contribution in [0.2, 0.25) is 0 Å². The quantitative estimate of drug-likeness (QED) is 0.776. The Bertz CT molecular complexity index is 909. The third kappa shape index (κ3) is 4.11. The van der Waals surface area contributed by atoms with Crippen molar-refractivity contribution in [2.45, 2.75) is 44.4 Å². The molecule has 0 aliphatic carbocycles. The molecule has 2 aromatic rings. The average molecular weight is 408 g/mol. The van der Waals surface area contributed by atoms with Crippen molar-refractivity contribution in [1.82, 2.24) is 18.8 Å². The summed E-state index contributed by atoms with van der Waals surface area (Å²) in [6.07, 6.45) is 5.53. The first-order chi connectivity index (χ1) is 13.5. The summed E-state index contributed by atoms with van der Waals surface area (Å²) in [5, 5.41) is 3.96. The molecule has 0 radical (unpaired) electrons.